The van der Waals surface area contributed by atoms with Crippen LogP contribution in [0.3, 0.4) is 0 Å². The number of benzene rings is 3. The first-order valence-electron chi connectivity index (χ1n) is 9.71. The average Bonchev–Trinajstić information content (AvgIpc) is 2.75. The summed E-state index contributed by atoms with van der Waals surface area (Å²) in [6, 6.07) is 24.5. The Hall–Kier alpha value is -3.66. The molecule has 4 rings (SSSR count). The van der Waals surface area contributed by atoms with E-state index in [-0.39, 0.29) is 0 Å². The Morgan fingerprint density at radius 3 is 2.45 bits per heavy atom. The summed E-state index contributed by atoms with van der Waals surface area (Å²) in [5.41, 5.74) is 5.40. The number of hydrogen-bond acceptors (Lipinski definition) is 4. The SMILES string of the molecule is C=CCN(c1ccccc1)c1nc(Nc2cccc(C)c2C)nc2ccccc12. The summed E-state index contributed by atoms with van der Waals surface area (Å²) in [6.07, 6.45) is 1.89. The number of hydrogen-bond donors (Lipinski definition) is 1. The van der Waals surface area contributed by atoms with Crippen LogP contribution < -0.4 is 10.2 Å². The topological polar surface area (TPSA) is 41.1 Å². The van der Waals surface area contributed by atoms with Gasteiger partial charge in [0, 0.05) is 23.3 Å². The van der Waals surface area contributed by atoms with Gasteiger partial charge in [-0.15, -0.1) is 6.58 Å². The van der Waals surface area contributed by atoms with E-state index in [1.807, 2.05) is 48.5 Å². The zero-order valence-corrected chi connectivity index (χ0v) is 16.8. The van der Waals surface area contributed by atoms with Crippen LogP contribution in [-0.2, 0) is 0 Å². The first kappa shape index (κ1) is 18.7. The van der Waals surface area contributed by atoms with Crippen LogP contribution in [0.25, 0.3) is 10.9 Å². The van der Waals surface area contributed by atoms with Crippen LogP contribution in [0, 0.1) is 13.8 Å². The predicted molar refractivity (Wildman–Crippen MR) is 122 cm³/mol. The highest BCUT2D eigenvalue weighted by Crippen LogP contribution is 2.32. The number of nitrogens with one attached hydrogen (secondary N) is 1. The molecule has 0 aliphatic heterocycles. The Kier molecular flexibility index (Phi) is 5.25. The zero-order chi connectivity index (χ0) is 20.2. The van der Waals surface area contributed by atoms with Crippen LogP contribution in [0.2, 0.25) is 0 Å². The van der Waals surface area contributed by atoms with Gasteiger partial charge in [-0.3, -0.25) is 0 Å². The Morgan fingerprint density at radius 2 is 1.66 bits per heavy atom. The van der Waals surface area contributed by atoms with Crippen molar-refractivity contribution < 1.29 is 0 Å². The Balaban J connectivity index is 1.86. The number of fused-ring (bicyclic) bond motifs is 1. The third-order valence-electron chi connectivity index (χ3n) is 5.07. The molecule has 1 aromatic heterocycles. The first-order valence-corrected chi connectivity index (χ1v) is 9.71. The third-order valence-corrected chi connectivity index (χ3v) is 5.07. The molecule has 0 bridgehead atoms. The molecule has 0 saturated heterocycles. The molecule has 0 aliphatic rings. The lowest BCUT2D eigenvalue weighted by molar-refractivity contribution is 1.05. The Labute approximate surface area is 171 Å². The van der Waals surface area contributed by atoms with Gasteiger partial charge < -0.3 is 10.2 Å². The van der Waals surface area contributed by atoms with Crippen LogP contribution in [0.5, 0.6) is 0 Å². The summed E-state index contributed by atoms with van der Waals surface area (Å²) in [7, 11) is 0. The van der Waals surface area contributed by atoms with E-state index in [1.165, 1.54) is 11.1 Å². The minimum atomic E-state index is 0.581. The van der Waals surface area contributed by atoms with Gasteiger partial charge in [0.1, 0.15) is 5.82 Å². The average molecular weight is 380 g/mol. The van der Waals surface area contributed by atoms with Crippen LogP contribution in [-0.4, -0.2) is 16.5 Å². The van der Waals surface area contributed by atoms with Crippen molar-refractivity contribution in [3.8, 4) is 0 Å². The summed E-state index contributed by atoms with van der Waals surface area (Å²) >= 11 is 0. The van der Waals surface area contributed by atoms with Gasteiger partial charge in [0.15, 0.2) is 0 Å². The molecule has 0 saturated carbocycles. The molecule has 0 spiro atoms. The van der Waals surface area contributed by atoms with Crippen molar-refractivity contribution in [2.75, 3.05) is 16.8 Å². The maximum atomic E-state index is 4.92. The smallest absolute Gasteiger partial charge is 0.229 e. The van der Waals surface area contributed by atoms with Crippen molar-refractivity contribution in [2.24, 2.45) is 0 Å². The molecule has 0 atom stereocenters. The lowest BCUT2D eigenvalue weighted by atomic mass is 10.1. The maximum absolute atomic E-state index is 4.92. The van der Waals surface area contributed by atoms with Crippen LogP contribution in [0.15, 0.2) is 85.5 Å². The quantitative estimate of drug-likeness (QED) is 0.398. The fraction of sp³-hybridized carbons (Fsp3) is 0.120. The number of rotatable bonds is 6. The van der Waals surface area contributed by atoms with Gasteiger partial charge in [-0.25, -0.2) is 4.98 Å². The number of nitrogens with zero attached hydrogens (tertiary/aromatic N) is 3. The van der Waals surface area contributed by atoms with Gasteiger partial charge in [-0.2, -0.15) is 4.98 Å². The van der Waals surface area contributed by atoms with Gasteiger partial charge in [0.25, 0.3) is 0 Å². The van der Waals surface area contributed by atoms with E-state index in [9.17, 15) is 0 Å². The van der Waals surface area contributed by atoms with E-state index in [4.69, 9.17) is 9.97 Å². The molecule has 0 amide bonds. The lowest BCUT2D eigenvalue weighted by Crippen LogP contribution is -2.19. The second kappa shape index (κ2) is 8.15. The monoisotopic (exact) mass is 380 g/mol. The predicted octanol–water partition coefficient (Wildman–Crippen LogP) is 6.31. The Bertz CT molecular complexity index is 1150. The van der Waals surface area contributed by atoms with Gasteiger partial charge >= 0.3 is 0 Å². The molecule has 4 nitrogen and oxygen atoms in total. The number of anilines is 4. The van der Waals surface area contributed by atoms with E-state index in [2.05, 4.69) is 61.0 Å². The lowest BCUT2D eigenvalue weighted by Gasteiger charge is -2.24. The minimum Gasteiger partial charge on any atom is -0.324 e. The molecule has 0 fully saturated rings. The van der Waals surface area contributed by atoms with E-state index < -0.39 is 0 Å². The van der Waals surface area contributed by atoms with Gasteiger partial charge in [-0.1, -0.05) is 48.5 Å². The van der Waals surface area contributed by atoms with Gasteiger partial charge in [0.05, 0.1) is 5.52 Å². The molecule has 0 radical (unpaired) electrons. The molecule has 144 valence electrons. The van der Waals surface area contributed by atoms with Crippen LogP contribution in [0.1, 0.15) is 11.1 Å². The van der Waals surface area contributed by atoms with Crippen LogP contribution >= 0.6 is 0 Å². The normalized spacial score (nSPS) is 10.7. The number of aromatic nitrogens is 2. The molecule has 1 N–H and O–H groups in total. The molecule has 3 aromatic carbocycles. The van der Waals surface area contributed by atoms with Crippen molar-refractivity contribution in [3.05, 3.63) is 96.6 Å². The first-order chi connectivity index (χ1) is 14.2. The molecule has 29 heavy (non-hydrogen) atoms. The summed E-state index contributed by atoms with van der Waals surface area (Å²) in [5.74, 6) is 1.44. The number of aryl methyl sites for hydroxylation is 1. The second-order valence-corrected chi connectivity index (χ2v) is 7.00. The van der Waals surface area contributed by atoms with Crippen molar-refractivity contribution in [1.29, 1.82) is 0 Å². The standard InChI is InChI=1S/C25H24N4/c1-4-17-29(20-12-6-5-7-13-20)24-21-14-8-9-15-23(21)27-25(28-24)26-22-16-10-11-18(2)19(22)3/h4-16H,1,17H2,2-3H3,(H,26,27,28). The molecule has 4 aromatic rings. The summed E-state index contributed by atoms with van der Waals surface area (Å²) in [4.78, 5) is 11.8. The van der Waals surface area contributed by atoms with Crippen molar-refractivity contribution in [1.82, 2.24) is 9.97 Å². The van der Waals surface area contributed by atoms with E-state index >= 15 is 0 Å². The molecule has 1 heterocycles. The largest absolute Gasteiger partial charge is 0.324 e. The van der Waals surface area contributed by atoms with Gasteiger partial charge in [0.2, 0.25) is 5.95 Å². The van der Waals surface area contributed by atoms with Crippen molar-refractivity contribution in [3.63, 3.8) is 0 Å². The maximum Gasteiger partial charge on any atom is 0.229 e. The third kappa shape index (κ3) is 3.83. The summed E-state index contributed by atoms with van der Waals surface area (Å²) in [5, 5.41) is 4.42. The second-order valence-electron chi connectivity index (χ2n) is 7.00. The summed E-state index contributed by atoms with van der Waals surface area (Å²) in [6.45, 7) is 8.80. The van der Waals surface area contributed by atoms with Gasteiger partial charge in [-0.05, 0) is 55.3 Å². The molecule has 0 unspecified atom stereocenters. The van der Waals surface area contributed by atoms with Crippen molar-refractivity contribution in [2.45, 2.75) is 13.8 Å². The van der Waals surface area contributed by atoms with E-state index in [0.29, 0.717) is 12.5 Å². The number of para-hydroxylation sites is 2. The molecule has 0 aliphatic carbocycles. The van der Waals surface area contributed by atoms with E-state index in [0.717, 1.165) is 28.1 Å². The van der Waals surface area contributed by atoms with E-state index in [1.54, 1.807) is 0 Å². The molecule has 4 heteroatoms. The highest BCUT2D eigenvalue weighted by Gasteiger charge is 2.16. The molecular formula is C25H24N4. The van der Waals surface area contributed by atoms with Crippen molar-refractivity contribution >= 4 is 34.0 Å². The summed E-state index contributed by atoms with van der Waals surface area (Å²) < 4.78 is 0. The highest BCUT2D eigenvalue weighted by molar-refractivity contribution is 5.93. The fourth-order valence-corrected chi connectivity index (χ4v) is 3.38. The fourth-order valence-electron chi connectivity index (χ4n) is 3.38. The minimum absolute atomic E-state index is 0.581. The highest BCUT2D eigenvalue weighted by atomic mass is 15.2. The Morgan fingerprint density at radius 1 is 0.897 bits per heavy atom. The zero-order valence-electron chi connectivity index (χ0n) is 16.8. The van der Waals surface area contributed by atoms with Crippen LogP contribution in [0.4, 0.5) is 23.1 Å². The molecular weight excluding hydrogens is 356 g/mol.